The third kappa shape index (κ3) is 3.97. The van der Waals surface area contributed by atoms with Gasteiger partial charge in [0, 0.05) is 39.7 Å². The molecule has 0 amide bonds. The highest BCUT2D eigenvalue weighted by Gasteiger charge is 2.15. The van der Waals surface area contributed by atoms with Gasteiger partial charge in [0.15, 0.2) is 0 Å². The minimum Gasteiger partial charge on any atom is -0.361 e. The number of halogens is 1. The van der Waals surface area contributed by atoms with E-state index >= 15 is 0 Å². The fourth-order valence-corrected chi connectivity index (χ4v) is 4.32. The summed E-state index contributed by atoms with van der Waals surface area (Å²) in [4.78, 5) is 19.0. The van der Waals surface area contributed by atoms with Gasteiger partial charge in [-0.2, -0.15) is 5.10 Å². The topological polar surface area (TPSA) is 88.6 Å². The Balaban J connectivity index is 1.70. The van der Waals surface area contributed by atoms with Crippen molar-refractivity contribution in [2.75, 3.05) is 0 Å². The first kappa shape index (κ1) is 20.5. The Hall–Kier alpha value is -4.37. The normalized spacial score (nSPS) is 12.1. The van der Waals surface area contributed by atoms with Crippen molar-refractivity contribution < 1.29 is 9.31 Å². The van der Waals surface area contributed by atoms with Crippen molar-refractivity contribution in [2.24, 2.45) is 10.1 Å². The number of nitro groups is 1. The molecule has 0 unspecified atom stereocenters. The number of para-hydroxylation sites is 3. The van der Waals surface area contributed by atoms with Gasteiger partial charge in [-0.15, -0.1) is 11.3 Å². The molecule has 162 valence electrons. The van der Waals surface area contributed by atoms with Crippen LogP contribution in [0.3, 0.4) is 0 Å². The molecule has 3 aromatic carbocycles. The van der Waals surface area contributed by atoms with E-state index in [1.165, 1.54) is 28.1 Å². The van der Waals surface area contributed by atoms with E-state index in [0.29, 0.717) is 16.1 Å². The maximum atomic E-state index is 14.6. The van der Waals surface area contributed by atoms with Gasteiger partial charge in [0.2, 0.25) is 4.80 Å². The predicted molar refractivity (Wildman–Crippen MR) is 127 cm³/mol. The van der Waals surface area contributed by atoms with Gasteiger partial charge in [-0.05, 0) is 24.3 Å². The predicted octanol–water partition coefficient (Wildman–Crippen LogP) is 5.86. The number of hydrogen-bond donors (Lipinski definition) is 1. The lowest BCUT2D eigenvalue weighted by molar-refractivity contribution is -0.384. The largest absolute Gasteiger partial charge is 0.361 e. The van der Waals surface area contributed by atoms with Crippen LogP contribution in [-0.2, 0) is 0 Å². The monoisotopic (exact) mass is 457 g/mol. The molecule has 7 nitrogen and oxygen atoms in total. The molecule has 5 rings (SSSR count). The van der Waals surface area contributed by atoms with Crippen LogP contribution < -0.4 is 4.80 Å². The lowest BCUT2D eigenvalue weighted by Crippen LogP contribution is -2.12. The zero-order valence-electron chi connectivity index (χ0n) is 17.1. The van der Waals surface area contributed by atoms with Gasteiger partial charge in [0.25, 0.3) is 5.69 Å². The van der Waals surface area contributed by atoms with Crippen LogP contribution in [0.2, 0.25) is 0 Å². The summed E-state index contributed by atoms with van der Waals surface area (Å²) < 4.78 is 16.1. The smallest absolute Gasteiger partial charge is 0.294 e. The number of nitrogens with zero attached hydrogens (tertiary/aromatic N) is 4. The van der Waals surface area contributed by atoms with Gasteiger partial charge in [-0.1, -0.05) is 42.5 Å². The van der Waals surface area contributed by atoms with Crippen molar-refractivity contribution >= 4 is 39.8 Å². The van der Waals surface area contributed by atoms with Crippen LogP contribution in [0.15, 0.2) is 94.5 Å². The summed E-state index contributed by atoms with van der Waals surface area (Å²) in [5.41, 5.74) is 2.74. The number of hydrogen-bond acceptors (Lipinski definition) is 5. The molecule has 0 aliphatic carbocycles. The summed E-state index contributed by atoms with van der Waals surface area (Å²) in [6.07, 6.45) is 3.50. The van der Waals surface area contributed by atoms with Gasteiger partial charge in [-0.25, -0.2) is 14.1 Å². The molecular weight excluding hydrogens is 441 g/mol. The van der Waals surface area contributed by atoms with Crippen LogP contribution in [0.25, 0.3) is 22.2 Å². The summed E-state index contributed by atoms with van der Waals surface area (Å²) in [6.45, 7) is 0. The Morgan fingerprint density at radius 1 is 1.03 bits per heavy atom. The van der Waals surface area contributed by atoms with E-state index in [2.05, 4.69) is 15.1 Å². The van der Waals surface area contributed by atoms with Crippen molar-refractivity contribution in [3.63, 3.8) is 0 Å². The van der Waals surface area contributed by atoms with Crippen LogP contribution in [0.1, 0.15) is 5.56 Å². The van der Waals surface area contributed by atoms with E-state index in [4.69, 9.17) is 0 Å². The molecule has 2 heterocycles. The zero-order valence-corrected chi connectivity index (χ0v) is 17.9. The van der Waals surface area contributed by atoms with E-state index in [-0.39, 0.29) is 11.4 Å². The van der Waals surface area contributed by atoms with Crippen LogP contribution in [0, 0.1) is 15.9 Å². The summed E-state index contributed by atoms with van der Waals surface area (Å²) in [7, 11) is 0. The highest BCUT2D eigenvalue weighted by atomic mass is 32.1. The minimum atomic E-state index is -0.482. The van der Waals surface area contributed by atoms with Crippen LogP contribution in [0.4, 0.5) is 15.8 Å². The van der Waals surface area contributed by atoms with Gasteiger partial charge in [0.05, 0.1) is 16.8 Å². The van der Waals surface area contributed by atoms with E-state index in [9.17, 15) is 14.5 Å². The first-order valence-electron chi connectivity index (χ1n) is 9.96. The third-order valence-corrected chi connectivity index (χ3v) is 5.88. The number of rotatable bonds is 5. The molecule has 2 aromatic heterocycles. The lowest BCUT2D eigenvalue weighted by Gasteiger charge is -2.05. The Kier molecular flexibility index (Phi) is 5.37. The van der Waals surface area contributed by atoms with Crippen molar-refractivity contribution in [1.82, 2.24) is 9.66 Å². The Bertz CT molecular complexity index is 1580. The molecule has 0 bridgehead atoms. The second kappa shape index (κ2) is 8.64. The average molecular weight is 457 g/mol. The number of benzene rings is 3. The second-order valence-electron chi connectivity index (χ2n) is 7.09. The van der Waals surface area contributed by atoms with Crippen LogP contribution in [-0.4, -0.2) is 20.8 Å². The average Bonchev–Trinajstić information content (AvgIpc) is 3.42. The molecule has 0 atom stereocenters. The molecule has 0 spiro atoms. The Labute approximate surface area is 191 Å². The molecular formula is C24H16FN5O2S. The molecule has 33 heavy (non-hydrogen) atoms. The maximum Gasteiger partial charge on any atom is 0.294 e. The summed E-state index contributed by atoms with van der Waals surface area (Å²) in [6, 6.07) is 20.4. The van der Waals surface area contributed by atoms with Crippen LogP contribution in [0.5, 0.6) is 0 Å². The van der Waals surface area contributed by atoms with Gasteiger partial charge in [0.1, 0.15) is 11.5 Å². The highest BCUT2D eigenvalue weighted by molar-refractivity contribution is 7.07. The van der Waals surface area contributed by atoms with Crippen LogP contribution >= 0.6 is 11.3 Å². The fourth-order valence-electron chi connectivity index (χ4n) is 3.48. The number of nitrogens with one attached hydrogen (secondary N) is 1. The highest BCUT2D eigenvalue weighted by Crippen LogP contribution is 2.27. The van der Waals surface area contributed by atoms with Gasteiger partial charge in [-0.3, -0.25) is 10.1 Å². The molecule has 5 aromatic rings. The number of H-pyrrole nitrogens is 1. The van der Waals surface area contributed by atoms with Crippen molar-refractivity contribution in [3.8, 4) is 11.3 Å². The van der Waals surface area contributed by atoms with E-state index in [0.717, 1.165) is 16.5 Å². The van der Waals surface area contributed by atoms with E-state index in [1.54, 1.807) is 48.0 Å². The van der Waals surface area contributed by atoms with Crippen molar-refractivity contribution in [1.29, 1.82) is 0 Å². The third-order valence-electron chi connectivity index (χ3n) is 5.06. The van der Waals surface area contributed by atoms with E-state index < -0.39 is 10.7 Å². The molecule has 1 N–H and O–H groups in total. The molecule has 0 aliphatic rings. The lowest BCUT2D eigenvalue weighted by atomic mass is 10.1. The molecule has 0 radical (unpaired) electrons. The van der Waals surface area contributed by atoms with Gasteiger partial charge < -0.3 is 4.98 Å². The molecule has 9 heteroatoms. The van der Waals surface area contributed by atoms with Gasteiger partial charge >= 0.3 is 0 Å². The summed E-state index contributed by atoms with van der Waals surface area (Å²) >= 11 is 1.22. The number of nitro benzene ring substituents is 1. The molecule has 0 saturated heterocycles. The quantitative estimate of drug-likeness (QED) is 0.204. The second-order valence-corrected chi connectivity index (χ2v) is 7.92. The number of aromatic amines is 1. The molecule has 0 saturated carbocycles. The molecule has 0 aliphatic heterocycles. The minimum absolute atomic E-state index is 0.120. The number of fused-ring (bicyclic) bond motifs is 1. The Morgan fingerprint density at radius 2 is 1.79 bits per heavy atom. The first-order chi connectivity index (χ1) is 16.1. The van der Waals surface area contributed by atoms with E-state index in [1.807, 2.05) is 30.5 Å². The summed E-state index contributed by atoms with van der Waals surface area (Å²) in [5, 5.41) is 18.8. The fraction of sp³-hybridized carbons (Fsp3) is 0. The number of aromatic nitrogens is 2. The SMILES string of the molecule is O=[N+]([O-])c1ccccc1N=c1scc(-c2ccccc2F)n1N=Cc1c[nH]c2ccccc12. The Morgan fingerprint density at radius 3 is 2.64 bits per heavy atom. The van der Waals surface area contributed by atoms with Crippen molar-refractivity contribution in [2.45, 2.75) is 0 Å². The zero-order chi connectivity index (χ0) is 22.8. The number of thiazole rings is 1. The standard InChI is InChI=1S/C24H16FN5O2S/c25-19-9-3-1-8-18(19)23-15-33-24(28-21-11-5-6-12-22(21)30(31)32)29(23)27-14-16-13-26-20-10-4-2-7-17(16)20/h1-15,26H. The summed E-state index contributed by atoms with van der Waals surface area (Å²) in [5.74, 6) is -0.399. The van der Waals surface area contributed by atoms with Crippen molar-refractivity contribution in [3.05, 3.63) is 111 Å². The first-order valence-corrected chi connectivity index (χ1v) is 10.8. The maximum absolute atomic E-state index is 14.6. The molecule has 0 fully saturated rings.